The van der Waals surface area contributed by atoms with Crippen molar-refractivity contribution in [2.75, 3.05) is 6.54 Å². The number of halogens is 1. The summed E-state index contributed by atoms with van der Waals surface area (Å²) < 4.78 is 18.4. The van der Waals surface area contributed by atoms with Crippen LogP contribution in [0.3, 0.4) is 0 Å². The number of hydrogen-bond donors (Lipinski definition) is 2. The summed E-state index contributed by atoms with van der Waals surface area (Å²) in [6.45, 7) is 1.94. The van der Waals surface area contributed by atoms with Gasteiger partial charge in [-0.2, -0.15) is 0 Å². The normalized spacial score (nSPS) is 12.2. The van der Waals surface area contributed by atoms with Crippen LogP contribution in [0.15, 0.2) is 18.2 Å². The number of rotatable bonds is 5. The van der Waals surface area contributed by atoms with Crippen molar-refractivity contribution in [1.82, 2.24) is 0 Å². The summed E-state index contributed by atoms with van der Waals surface area (Å²) in [5.74, 6) is -1.78. The highest BCUT2D eigenvalue weighted by molar-refractivity contribution is 5.72. The van der Waals surface area contributed by atoms with Gasteiger partial charge in [-0.1, -0.05) is 6.07 Å². The summed E-state index contributed by atoms with van der Waals surface area (Å²) in [4.78, 5) is 10.8. The van der Waals surface area contributed by atoms with Crippen molar-refractivity contribution in [3.05, 3.63) is 29.6 Å². The molecule has 0 radical (unpaired) electrons. The highest BCUT2D eigenvalue weighted by atomic mass is 19.1. The molecule has 0 aromatic heterocycles. The lowest BCUT2D eigenvalue weighted by molar-refractivity contribution is -0.145. The zero-order valence-electron chi connectivity index (χ0n) is 8.94. The summed E-state index contributed by atoms with van der Waals surface area (Å²) in [5, 5.41) is 8.82. The van der Waals surface area contributed by atoms with E-state index in [2.05, 4.69) is 0 Å². The van der Waals surface area contributed by atoms with Gasteiger partial charge in [-0.05, 0) is 31.2 Å². The van der Waals surface area contributed by atoms with Crippen LogP contribution >= 0.6 is 0 Å². The molecule has 1 aromatic carbocycles. The van der Waals surface area contributed by atoms with Gasteiger partial charge in [0.15, 0.2) is 17.7 Å². The molecule has 0 bridgehead atoms. The molecule has 1 atom stereocenters. The Hall–Kier alpha value is -1.62. The molecule has 0 aliphatic heterocycles. The summed E-state index contributed by atoms with van der Waals surface area (Å²) >= 11 is 0. The van der Waals surface area contributed by atoms with Crippen LogP contribution in [0.1, 0.15) is 12.0 Å². The van der Waals surface area contributed by atoms with Crippen molar-refractivity contribution < 1.29 is 19.0 Å². The van der Waals surface area contributed by atoms with Crippen molar-refractivity contribution in [3.63, 3.8) is 0 Å². The first-order valence-electron chi connectivity index (χ1n) is 4.90. The minimum atomic E-state index is -1.15. The molecule has 0 saturated carbocycles. The molecule has 5 heteroatoms. The number of carbonyl (C=O) groups is 1. The molecule has 0 aliphatic carbocycles. The summed E-state index contributed by atoms with van der Waals surface area (Å²) in [5.41, 5.74) is 6.05. The molecule has 1 unspecified atom stereocenters. The van der Waals surface area contributed by atoms with Crippen molar-refractivity contribution in [2.24, 2.45) is 5.73 Å². The molecule has 16 heavy (non-hydrogen) atoms. The van der Waals surface area contributed by atoms with Gasteiger partial charge in [-0.25, -0.2) is 9.18 Å². The van der Waals surface area contributed by atoms with E-state index >= 15 is 0 Å². The minimum Gasteiger partial charge on any atom is -0.479 e. The van der Waals surface area contributed by atoms with Crippen LogP contribution in [0.2, 0.25) is 0 Å². The van der Waals surface area contributed by atoms with Gasteiger partial charge in [0.25, 0.3) is 0 Å². The van der Waals surface area contributed by atoms with Crippen molar-refractivity contribution in [3.8, 4) is 5.75 Å². The molecule has 4 nitrogen and oxygen atoms in total. The minimum absolute atomic E-state index is 0.0548. The second-order valence-electron chi connectivity index (χ2n) is 3.46. The van der Waals surface area contributed by atoms with Crippen LogP contribution in [0.25, 0.3) is 0 Å². The van der Waals surface area contributed by atoms with Crippen LogP contribution in [-0.2, 0) is 4.79 Å². The van der Waals surface area contributed by atoms with E-state index in [-0.39, 0.29) is 18.7 Å². The van der Waals surface area contributed by atoms with Gasteiger partial charge in [-0.15, -0.1) is 0 Å². The maximum absolute atomic E-state index is 13.3. The molecule has 88 valence electrons. The van der Waals surface area contributed by atoms with Gasteiger partial charge in [0.2, 0.25) is 0 Å². The van der Waals surface area contributed by atoms with Crippen LogP contribution in [0.5, 0.6) is 5.75 Å². The second-order valence-corrected chi connectivity index (χ2v) is 3.46. The Morgan fingerprint density at radius 3 is 2.88 bits per heavy atom. The number of carboxylic acid groups (broad SMARTS) is 1. The number of carboxylic acids is 1. The third-order valence-electron chi connectivity index (χ3n) is 2.06. The number of hydrogen-bond acceptors (Lipinski definition) is 3. The average molecular weight is 227 g/mol. The van der Waals surface area contributed by atoms with E-state index in [4.69, 9.17) is 15.6 Å². The Labute approximate surface area is 92.8 Å². The molecule has 0 fully saturated rings. The molecule has 0 spiro atoms. The first kappa shape index (κ1) is 12.4. The molecule has 0 amide bonds. The van der Waals surface area contributed by atoms with Gasteiger partial charge in [0, 0.05) is 6.42 Å². The lowest BCUT2D eigenvalue weighted by atomic mass is 10.2. The first-order valence-corrected chi connectivity index (χ1v) is 4.90. The van der Waals surface area contributed by atoms with Gasteiger partial charge >= 0.3 is 5.97 Å². The van der Waals surface area contributed by atoms with Crippen molar-refractivity contribution >= 4 is 5.97 Å². The molecule has 0 heterocycles. The summed E-state index contributed by atoms with van der Waals surface area (Å²) in [7, 11) is 0. The van der Waals surface area contributed by atoms with Crippen LogP contribution < -0.4 is 10.5 Å². The lowest BCUT2D eigenvalue weighted by Crippen LogP contribution is -2.29. The zero-order valence-corrected chi connectivity index (χ0v) is 8.94. The number of benzene rings is 1. The van der Waals surface area contributed by atoms with Crippen molar-refractivity contribution in [1.29, 1.82) is 0 Å². The summed E-state index contributed by atoms with van der Waals surface area (Å²) in [6.07, 6.45) is -0.968. The van der Waals surface area contributed by atoms with E-state index in [0.29, 0.717) is 0 Å². The second kappa shape index (κ2) is 5.46. The molecule has 1 aromatic rings. The van der Waals surface area contributed by atoms with Gasteiger partial charge in [0.05, 0.1) is 0 Å². The molecule has 0 aliphatic rings. The predicted molar refractivity (Wildman–Crippen MR) is 56.9 cm³/mol. The quantitative estimate of drug-likeness (QED) is 0.795. The summed E-state index contributed by atoms with van der Waals surface area (Å²) in [6, 6.07) is 4.29. The van der Waals surface area contributed by atoms with E-state index in [1.54, 1.807) is 13.0 Å². The fraction of sp³-hybridized carbons (Fsp3) is 0.364. The lowest BCUT2D eigenvalue weighted by Gasteiger charge is -2.15. The van der Waals surface area contributed by atoms with Crippen LogP contribution in [-0.4, -0.2) is 23.7 Å². The zero-order chi connectivity index (χ0) is 12.1. The molecular weight excluding hydrogens is 213 g/mol. The van der Waals surface area contributed by atoms with Crippen LogP contribution in [0, 0.1) is 12.7 Å². The Morgan fingerprint density at radius 1 is 1.62 bits per heavy atom. The molecule has 1 rings (SSSR count). The third-order valence-corrected chi connectivity index (χ3v) is 2.06. The van der Waals surface area contributed by atoms with Gasteiger partial charge in [0.1, 0.15) is 0 Å². The third kappa shape index (κ3) is 3.20. The maximum Gasteiger partial charge on any atom is 0.344 e. The standard InChI is InChI=1S/C11H14FNO3/c1-7-2-3-8(12)10(6-7)16-9(4-5-13)11(14)15/h2-3,6,9H,4-5,13H2,1H3,(H,14,15). The first-order chi connectivity index (χ1) is 7.54. The Balaban J connectivity index is 2.84. The Bertz CT molecular complexity index is 381. The maximum atomic E-state index is 13.3. The molecule has 3 N–H and O–H groups in total. The highest BCUT2D eigenvalue weighted by Crippen LogP contribution is 2.20. The monoisotopic (exact) mass is 227 g/mol. The number of aryl methyl sites for hydroxylation is 1. The Morgan fingerprint density at radius 2 is 2.31 bits per heavy atom. The SMILES string of the molecule is Cc1ccc(F)c(OC(CCN)C(=O)O)c1. The average Bonchev–Trinajstić information content (AvgIpc) is 2.22. The largest absolute Gasteiger partial charge is 0.479 e. The van der Waals surface area contributed by atoms with E-state index < -0.39 is 17.9 Å². The van der Waals surface area contributed by atoms with Crippen LogP contribution in [0.4, 0.5) is 4.39 Å². The smallest absolute Gasteiger partial charge is 0.344 e. The van der Waals surface area contributed by atoms with E-state index in [1.807, 2.05) is 0 Å². The number of nitrogens with two attached hydrogens (primary N) is 1. The van der Waals surface area contributed by atoms with Gasteiger partial charge < -0.3 is 15.6 Å². The van der Waals surface area contributed by atoms with E-state index in [1.165, 1.54) is 12.1 Å². The fourth-order valence-corrected chi connectivity index (χ4v) is 1.24. The van der Waals surface area contributed by atoms with Gasteiger partial charge in [-0.3, -0.25) is 0 Å². The molecular formula is C11H14FNO3. The topological polar surface area (TPSA) is 72.5 Å². The Kier molecular flexibility index (Phi) is 4.25. The number of ether oxygens (including phenoxy) is 1. The van der Waals surface area contributed by atoms with E-state index in [0.717, 1.165) is 5.56 Å². The number of aliphatic carboxylic acids is 1. The molecule has 0 saturated heterocycles. The highest BCUT2D eigenvalue weighted by Gasteiger charge is 2.19. The fourth-order valence-electron chi connectivity index (χ4n) is 1.24. The predicted octanol–water partition coefficient (Wildman–Crippen LogP) is 1.31. The van der Waals surface area contributed by atoms with E-state index in [9.17, 15) is 9.18 Å². The van der Waals surface area contributed by atoms with Crippen molar-refractivity contribution in [2.45, 2.75) is 19.4 Å².